The van der Waals surface area contributed by atoms with Crippen LogP contribution in [0.2, 0.25) is 0 Å². The highest BCUT2D eigenvalue weighted by atomic mass is 127. The summed E-state index contributed by atoms with van der Waals surface area (Å²) in [4.78, 5) is 11.6. The number of hydrogen-bond acceptors (Lipinski definition) is 2. The van der Waals surface area contributed by atoms with Crippen LogP contribution in [0.1, 0.15) is 10.4 Å². The molecule has 0 aliphatic carbocycles. The normalized spacial score (nSPS) is 13.3. The summed E-state index contributed by atoms with van der Waals surface area (Å²) in [6, 6.07) is 6.81. The second-order valence-corrected chi connectivity index (χ2v) is 6.54. The second kappa shape index (κ2) is 5.73. The van der Waals surface area contributed by atoms with E-state index >= 15 is 0 Å². The molecular formula is C9H7Cl3INO2. The van der Waals surface area contributed by atoms with Gasteiger partial charge in [-0.1, -0.05) is 40.9 Å². The maximum absolute atomic E-state index is 11.6. The third-order valence-electron chi connectivity index (χ3n) is 1.66. The van der Waals surface area contributed by atoms with E-state index in [2.05, 4.69) is 27.9 Å². The van der Waals surface area contributed by atoms with Gasteiger partial charge in [-0.15, -0.1) is 0 Å². The molecule has 0 saturated carbocycles. The largest absolute Gasteiger partial charge is 0.369 e. The van der Waals surface area contributed by atoms with Crippen LogP contribution in [-0.4, -0.2) is 21.0 Å². The zero-order valence-electron chi connectivity index (χ0n) is 7.75. The fourth-order valence-electron chi connectivity index (χ4n) is 0.919. The molecule has 16 heavy (non-hydrogen) atoms. The van der Waals surface area contributed by atoms with Crippen molar-refractivity contribution in [1.29, 1.82) is 0 Å². The molecule has 0 spiro atoms. The molecule has 1 aromatic rings. The highest BCUT2D eigenvalue weighted by molar-refractivity contribution is 14.1. The second-order valence-electron chi connectivity index (χ2n) is 2.93. The van der Waals surface area contributed by atoms with Gasteiger partial charge in [0.2, 0.25) is 3.79 Å². The first-order valence-electron chi connectivity index (χ1n) is 4.12. The SMILES string of the molecule is O=C(N[C@@H](O)C(Cl)(Cl)Cl)c1cccc(I)c1. The van der Waals surface area contributed by atoms with Gasteiger partial charge in [0.15, 0.2) is 6.23 Å². The van der Waals surface area contributed by atoms with Crippen LogP contribution >= 0.6 is 57.4 Å². The van der Waals surface area contributed by atoms with E-state index in [1.165, 1.54) is 0 Å². The predicted molar refractivity (Wildman–Crippen MR) is 72.9 cm³/mol. The van der Waals surface area contributed by atoms with Gasteiger partial charge >= 0.3 is 0 Å². The van der Waals surface area contributed by atoms with E-state index in [9.17, 15) is 9.90 Å². The van der Waals surface area contributed by atoms with Crippen molar-refractivity contribution in [3.63, 3.8) is 0 Å². The molecule has 0 fully saturated rings. The Hall–Kier alpha value is 0.250. The smallest absolute Gasteiger partial charge is 0.253 e. The Morgan fingerprint density at radius 2 is 2.06 bits per heavy atom. The number of aliphatic hydroxyl groups is 1. The number of carbonyl (C=O) groups excluding carboxylic acids is 1. The molecule has 0 aromatic heterocycles. The number of carbonyl (C=O) groups is 1. The number of rotatable bonds is 2. The summed E-state index contributed by atoms with van der Waals surface area (Å²) in [6.07, 6.45) is -1.55. The molecule has 0 aliphatic heterocycles. The molecule has 0 aliphatic rings. The third-order valence-corrected chi connectivity index (χ3v) is 2.96. The van der Waals surface area contributed by atoms with E-state index in [1.807, 2.05) is 6.07 Å². The average Bonchev–Trinajstić information content (AvgIpc) is 2.16. The van der Waals surface area contributed by atoms with Crippen LogP contribution in [0, 0.1) is 3.57 Å². The summed E-state index contributed by atoms with van der Waals surface area (Å²) in [5, 5.41) is 11.5. The summed E-state index contributed by atoms with van der Waals surface area (Å²) in [5.41, 5.74) is 0.389. The molecule has 1 atom stereocenters. The molecule has 0 unspecified atom stereocenters. The molecule has 7 heteroatoms. The van der Waals surface area contributed by atoms with E-state index in [0.717, 1.165) is 3.57 Å². The van der Waals surface area contributed by atoms with Gasteiger partial charge in [0, 0.05) is 9.13 Å². The molecule has 1 rings (SSSR count). The Balaban J connectivity index is 2.74. The molecular weight excluding hydrogens is 387 g/mol. The van der Waals surface area contributed by atoms with Gasteiger partial charge in [0.05, 0.1) is 0 Å². The number of alkyl halides is 3. The van der Waals surface area contributed by atoms with Crippen LogP contribution in [0.3, 0.4) is 0 Å². The monoisotopic (exact) mass is 393 g/mol. The van der Waals surface area contributed by atoms with Gasteiger partial charge in [-0.3, -0.25) is 4.79 Å². The summed E-state index contributed by atoms with van der Waals surface area (Å²) in [5.74, 6) is -0.502. The number of benzene rings is 1. The summed E-state index contributed by atoms with van der Waals surface area (Å²) < 4.78 is -1.05. The Morgan fingerprint density at radius 1 is 1.44 bits per heavy atom. The minimum Gasteiger partial charge on any atom is -0.369 e. The summed E-state index contributed by atoms with van der Waals surface area (Å²) in [6.45, 7) is 0. The highest BCUT2D eigenvalue weighted by Gasteiger charge is 2.32. The van der Waals surface area contributed by atoms with Crippen LogP contribution in [0.5, 0.6) is 0 Å². The van der Waals surface area contributed by atoms with Crippen LogP contribution in [0.15, 0.2) is 24.3 Å². The minimum atomic E-state index is -1.95. The lowest BCUT2D eigenvalue weighted by Gasteiger charge is -2.19. The van der Waals surface area contributed by atoms with Gasteiger partial charge in [-0.05, 0) is 40.8 Å². The van der Waals surface area contributed by atoms with Crippen LogP contribution in [0.25, 0.3) is 0 Å². The molecule has 3 nitrogen and oxygen atoms in total. The highest BCUT2D eigenvalue weighted by Crippen LogP contribution is 2.29. The number of nitrogens with one attached hydrogen (secondary N) is 1. The van der Waals surface area contributed by atoms with Crippen molar-refractivity contribution in [2.24, 2.45) is 0 Å². The van der Waals surface area contributed by atoms with Crippen molar-refractivity contribution >= 4 is 63.3 Å². The Bertz CT molecular complexity index is 395. The standard InChI is InChI=1S/C9H7Cl3INO2/c10-9(11,12)8(16)14-7(15)5-2-1-3-6(13)4-5/h1-4,8,16H,(H,14,15)/t8-/m0/s1. The molecule has 0 saturated heterocycles. The van der Waals surface area contributed by atoms with Gasteiger partial charge in [0.1, 0.15) is 0 Å². The number of hydrogen-bond donors (Lipinski definition) is 2. The molecule has 1 aromatic carbocycles. The van der Waals surface area contributed by atoms with Crippen LogP contribution in [0.4, 0.5) is 0 Å². The lowest BCUT2D eigenvalue weighted by atomic mass is 10.2. The average molecular weight is 394 g/mol. The molecule has 1 amide bonds. The molecule has 0 bridgehead atoms. The quantitative estimate of drug-likeness (QED) is 0.460. The zero-order valence-corrected chi connectivity index (χ0v) is 12.2. The zero-order chi connectivity index (χ0) is 12.3. The van der Waals surface area contributed by atoms with E-state index in [-0.39, 0.29) is 0 Å². The topological polar surface area (TPSA) is 49.3 Å². The number of aliphatic hydroxyl groups excluding tert-OH is 1. The third kappa shape index (κ3) is 4.25. The molecule has 2 N–H and O–H groups in total. The van der Waals surface area contributed by atoms with Gasteiger partial charge < -0.3 is 10.4 Å². The summed E-state index contributed by atoms with van der Waals surface area (Å²) in [7, 11) is 0. The molecule has 88 valence electrons. The number of halogens is 4. The Labute approximate surface area is 121 Å². The van der Waals surface area contributed by atoms with Gasteiger partial charge in [0.25, 0.3) is 5.91 Å². The first-order chi connectivity index (χ1) is 7.30. The Morgan fingerprint density at radius 3 is 2.56 bits per heavy atom. The maximum atomic E-state index is 11.6. The first kappa shape index (κ1) is 14.3. The predicted octanol–water partition coefficient (Wildman–Crippen LogP) is 2.71. The van der Waals surface area contributed by atoms with Crippen molar-refractivity contribution < 1.29 is 9.90 Å². The lowest BCUT2D eigenvalue weighted by Crippen LogP contribution is -2.43. The van der Waals surface area contributed by atoms with E-state index < -0.39 is 15.9 Å². The van der Waals surface area contributed by atoms with E-state index in [1.54, 1.807) is 18.2 Å². The van der Waals surface area contributed by atoms with Crippen molar-refractivity contribution in [3.8, 4) is 0 Å². The first-order valence-corrected chi connectivity index (χ1v) is 6.33. The van der Waals surface area contributed by atoms with Gasteiger partial charge in [-0.2, -0.15) is 0 Å². The van der Waals surface area contributed by atoms with Crippen molar-refractivity contribution in [3.05, 3.63) is 33.4 Å². The minimum absolute atomic E-state index is 0.389. The fraction of sp³-hybridized carbons (Fsp3) is 0.222. The van der Waals surface area contributed by atoms with Gasteiger partial charge in [-0.25, -0.2) is 0 Å². The van der Waals surface area contributed by atoms with E-state index in [0.29, 0.717) is 5.56 Å². The number of amides is 1. The fourth-order valence-corrected chi connectivity index (χ4v) is 1.63. The van der Waals surface area contributed by atoms with E-state index in [4.69, 9.17) is 34.8 Å². The van der Waals surface area contributed by atoms with Crippen molar-refractivity contribution in [2.75, 3.05) is 0 Å². The Kier molecular flexibility index (Phi) is 5.12. The van der Waals surface area contributed by atoms with Crippen LogP contribution in [-0.2, 0) is 0 Å². The maximum Gasteiger partial charge on any atom is 0.253 e. The van der Waals surface area contributed by atoms with Crippen LogP contribution < -0.4 is 5.32 Å². The van der Waals surface area contributed by atoms with Crippen molar-refractivity contribution in [2.45, 2.75) is 10.0 Å². The van der Waals surface area contributed by atoms with Crippen molar-refractivity contribution in [1.82, 2.24) is 5.32 Å². The molecule has 0 heterocycles. The lowest BCUT2D eigenvalue weighted by molar-refractivity contribution is 0.0791. The summed E-state index contributed by atoms with van der Waals surface area (Å²) >= 11 is 18.3. The molecule has 0 radical (unpaired) electrons.